The third-order valence-corrected chi connectivity index (χ3v) is 2.95. The van der Waals surface area contributed by atoms with Crippen LogP contribution in [0.25, 0.3) is 0 Å². The highest BCUT2D eigenvalue weighted by molar-refractivity contribution is 5.94. The first-order valence-electron chi connectivity index (χ1n) is 6.18. The number of nitrogens with one attached hydrogen (secondary N) is 1. The van der Waals surface area contributed by atoms with Crippen molar-refractivity contribution in [3.05, 3.63) is 39.4 Å². The van der Waals surface area contributed by atoms with Crippen LogP contribution in [0.15, 0.2) is 18.2 Å². The van der Waals surface area contributed by atoms with Crippen LogP contribution in [0.1, 0.15) is 22.8 Å². The SMILES string of the molecule is CCc1ccc(C(=O)N(C)CCNC)cc1[N+](=O)[O-].Cl. The fraction of sp³-hybridized carbons (Fsp3) is 0.462. The van der Waals surface area contributed by atoms with Crippen molar-refractivity contribution in [3.63, 3.8) is 0 Å². The van der Waals surface area contributed by atoms with Crippen LogP contribution in [0.2, 0.25) is 0 Å². The Balaban J connectivity index is 0.00000361. The summed E-state index contributed by atoms with van der Waals surface area (Å²) in [5, 5.41) is 13.9. The molecule has 0 atom stereocenters. The number of halogens is 1. The molecule has 20 heavy (non-hydrogen) atoms. The number of carbonyl (C=O) groups is 1. The molecule has 0 aliphatic carbocycles. The molecule has 112 valence electrons. The first-order chi connectivity index (χ1) is 9.01. The summed E-state index contributed by atoms with van der Waals surface area (Å²) in [4.78, 5) is 24.2. The average Bonchev–Trinajstić information content (AvgIpc) is 2.42. The Morgan fingerprint density at radius 2 is 2.10 bits per heavy atom. The Kier molecular flexibility index (Phi) is 7.79. The van der Waals surface area contributed by atoms with Crippen molar-refractivity contribution in [1.29, 1.82) is 0 Å². The molecule has 0 saturated carbocycles. The molecule has 0 heterocycles. The Morgan fingerprint density at radius 3 is 2.60 bits per heavy atom. The van der Waals surface area contributed by atoms with Crippen molar-refractivity contribution in [2.75, 3.05) is 27.2 Å². The zero-order chi connectivity index (χ0) is 14.4. The van der Waals surface area contributed by atoms with Gasteiger partial charge in [-0.1, -0.05) is 13.0 Å². The number of hydrogen-bond acceptors (Lipinski definition) is 4. The molecule has 0 radical (unpaired) electrons. The van der Waals surface area contributed by atoms with Gasteiger partial charge in [-0.3, -0.25) is 14.9 Å². The van der Waals surface area contributed by atoms with Crippen molar-refractivity contribution < 1.29 is 9.72 Å². The fourth-order valence-electron chi connectivity index (χ4n) is 1.77. The fourth-order valence-corrected chi connectivity index (χ4v) is 1.77. The van der Waals surface area contributed by atoms with Gasteiger partial charge in [0.25, 0.3) is 11.6 Å². The molecule has 0 saturated heterocycles. The van der Waals surface area contributed by atoms with Crippen LogP contribution < -0.4 is 5.32 Å². The summed E-state index contributed by atoms with van der Waals surface area (Å²) in [6, 6.07) is 4.65. The summed E-state index contributed by atoms with van der Waals surface area (Å²) >= 11 is 0. The van der Waals surface area contributed by atoms with Crippen molar-refractivity contribution in [1.82, 2.24) is 10.2 Å². The molecule has 1 amide bonds. The predicted octanol–water partition coefficient (Wildman–Crippen LogP) is 1.87. The van der Waals surface area contributed by atoms with E-state index < -0.39 is 4.92 Å². The van der Waals surface area contributed by atoms with Crippen molar-refractivity contribution in [2.45, 2.75) is 13.3 Å². The minimum atomic E-state index is -0.441. The van der Waals surface area contributed by atoms with Crippen LogP contribution in [0.5, 0.6) is 0 Å². The molecule has 1 rings (SSSR count). The lowest BCUT2D eigenvalue weighted by atomic mass is 10.1. The van der Waals surface area contributed by atoms with E-state index in [1.54, 1.807) is 31.1 Å². The quantitative estimate of drug-likeness (QED) is 0.643. The maximum Gasteiger partial charge on any atom is 0.273 e. The van der Waals surface area contributed by atoms with Crippen LogP contribution in [-0.4, -0.2) is 42.9 Å². The number of hydrogen-bond donors (Lipinski definition) is 1. The molecule has 0 aromatic heterocycles. The molecule has 0 aliphatic rings. The molecule has 0 fully saturated rings. The lowest BCUT2D eigenvalue weighted by Gasteiger charge is -2.17. The van der Waals surface area contributed by atoms with E-state index in [-0.39, 0.29) is 24.0 Å². The standard InChI is InChI=1S/C13H19N3O3.ClH/c1-4-10-5-6-11(9-12(10)16(18)19)13(17)15(3)8-7-14-2;/h5-6,9,14H,4,7-8H2,1-3H3;1H. The number of amides is 1. The number of aryl methyl sites for hydroxylation is 1. The lowest BCUT2D eigenvalue weighted by molar-refractivity contribution is -0.385. The highest BCUT2D eigenvalue weighted by Gasteiger charge is 2.18. The highest BCUT2D eigenvalue weighted by atomic mass is 35.5. The first-order valence-corrected chi connectivity index (χ1v) is 6.18. The van der Waals surface area contributed by atoms with E-state index in [0.29, 0.717) is 30.6 Å². The van der Waals surface area contributed by atoms with Crippen LogP contribution in [-0.2, 0) is 6.42 Å². The third-order valence-electron chi connectivity index (χ3n) is 2.95. The maximum atomic E-state index is 12.1. The molecule has 1 aromatic carbocycles. The monoisotopic (exact) mass is 301 g/mol. The number of nitrogens with zero attached hydrogens (tertiary/aromatic N) is 2. The van der Waals surface area contributed by atoms with Gasteiger partial charge in [-0.05, 0) is 19.5 Å². The topological polar surface area (TPSA) is 75.5 Å². The third kappa shape index (κ3) is 4.47. The van der Waals surface area contributed by atoms with Crippen LogP contribution in [0.3, 0.4) is 0 Å². The zero-order valence-corrected chi connectivity index (χ0v) is 12.7. The van der Waals surface area contributed by atoms with Gasteiger partial charge in [0.2, 0.25) is 0 Å². The van der Waals surface area contributed by atoms with Gasteiger partial charge in [0.15, 0.2) is 0 Å². The summed E-state index contributed by atoms with van der Waals surface area (Å²) < 4.78 is 0. The number of carbonyl (C=O) groups excluding carboxylic acids is 1. The second-order valence-corrected chi connectivity index (χ2v) is 4.28. The van der Waals surface area contributed by atoms with E-state index in [1.807, 2.05) is 6.92 Å². The van der Waals surface area contributed by atoms with Crippen molar-refractivity contribution in [3.8, 4) is 0 Å². The molecule has 0 unspecified atom stereocenters. The van der Waals surface area contributed by atoms with Gasteiger partial charge in [0.1, 0.15) is 0 Å². The van der Waals surface area contributed by atoms with E-state index in [9.17, 15) is 14.9 Å². The van der Waals surface area contributed by atoms with E-state index >= 15 is 0 Å². The molecule has 0 aliphatic heterocycles. The van der Waals surface area contributed by atoms with E-state index in [1.165, 1.54) is 6.07 Å². The first kappa shape index (κ1) is 18.3. The summed E-state index contributed by atoms with van der Waals surface area (Å²) in [7, 11) is 3.48. The van der Waals surface area contributed by atoms with Crippen molar-refractivity contribution in [2.24, 2.45) is 0 Å². The second kappa shape index (κ2) is 8.50. The Bertz CT molecular complexity index is 480. The van der Waals surface area contributed by atoms with Crippen molar-refractivity contribution >= 4 is 24.0 Å². The molecular formula is C13H20ClN3O3. The summed E-state index contributed by atoms with van der Waals surface area (Å²) in [6.45, 7) is 3.08. The number of likely N-dealkylation sites (N-methyl/N-ethyl adjacent to an activating group) is 2. The largest absolute Gasteiger partial charge is 0.340 e. The molecule has 0 bridgehead atoms. The molecule has 1 N–H and O–H groups in total. The second-order valence-electron chi connectivity index (χ2n) is 4.28. The summed E-state index contributed by atoms with van der Waals surface area (Å²) in [5.41, 5.74) is 0.997. The van der Waals surface area contributed by atoms with Crippen LogP contribution >= 0.6 is 12.4 Å². The van der Waals surface area contributed by atoms with Gasteiger partial charge >= 0.3 is 0 Å². The maximum absolute atomic E-state index is 12.1. The molecule has 6 nitrogen and oxygen atoms in total. The summed E-state index contributed by atoms with van der Waals surface area (Å²) in [5.74, 6) is -0.207. The number of nitro groups is 1. The van der Waals surface area contributed by atoms with Gasteiger partial charge < -0.3 is 10.2 Å². The lowest BCUT2D eigenvalue weighted by Crippen LogP contribution is -2.32. The molecule has 0 spiro atoms. The average molecular weight is 302 g/mol. The van der Waals surface area contributed by atoms with E-state index in [0.717, 1.165) is 0 Å². The number of nitro benzene ring substituents is 1. The predicted molar refractivity (Wildman–Crippen MR) is 80.6 cm³/mol. The Labute approximate surface area is 124 Å². The van der Waals surface area contributed by atoms with E-state index in [4.69, 9.17) is 0 Å². The Morgan fingerprint density at radius 1 is 1.45 bits per heavy atom. The van der Waals surface area contributed by atoms with Gasteiger partial charge in [0.05, 0.1) is 4.92 Å². The van der Waals surface area contributed by atoms with Gasteiger partial charge in [-0.25, -0.2) is 0 Å². The molecule has 1 aromatic rings. The Hall–Kier alpha value is -1.66. The molecular weight excluding hydrogens is 282 g/mol. The normalized spacial score (nSPS) is 9.75. The van der Waals surface area contributed by atoms with Crippen LogP contribution in [0, 0.1) is 10.1 Å². The van der Waals surface area contributed by atoms with Gasteiger partial charge in [-0.15, -0.1) is 12.4 Å². The minimum absolute atomic E-state index is 0. The summed E-state index contributed by atoms with van der Waals surface area (Å²) in [6.07, 6.45) is 0.570. The highest BCUT2D eigenvalue weighted by Crippen LogP contribution is 2.21. The van der Waals surface area contributed by atoms with E-state index in [2.05, 4.69) is 5.32 Å². The molecule has 7 heteroatoms. The van der Waals surface area contributed by atoms with Gasteiger partial charge in [0, 0.05) is 37.3 Å². The van der Waals surface area contributed by atoms with Crippen LogP contribution in [0.4, 0.5) is 5.69 Å². The zero-order valence-electron chi connectivity index (χ0n) is 11.9. The number of rotatable bonds is 6. The minimum Gasteiger partial charge on any atom is -0.340 e. The van der Waals surface area contributed by atoms with Gasteiger partial charge in [-0.2, -0.15) is 0 Å². The number of benzene rings is 1. The smallest absolute Gasteiger partial charge is 0.273 e.